The highest BCUT2D eigenvalue weighted by Gasteiger charge is 2.22. The summed E-state index contributed by atoms with van der Waals surface area (Å²) in [5.41, 5.74) is 3.64. The lowest BCUT2D eigenvalue weighted by Gasteiger charge is -2.27. The molecular weight excluding hydrogens is 556 g/mol. The Bertz CT molecular complexity index is 1410. The number of rotatable bonds is 14. The van der Waals surface area contributed by atoms with Gasteiger partial charge in [-0.15, -0.1) is 0 Å². The molecule has 234 valence electrons. The van der Waals surface area contributed by atoms with Gasteiger partial charge in [0, 0.05) is 53.4 Å². The minimum Gasteiger partial charge on any atom is -0.480 e. The average molecular weight is 601 g/mol. The number of carbonyl (C=O) groups is 4. The zero-order valence-corrected chi connectivity index (χ0v) is 26.5. The molecule has 3 rings (SSSR count). The second kappa shape index (κ2) is 15.7. The Morgan fingerprint density at radius 3 is 1.41 bits per heavy atom. The molecule has 9 nitrogen and oxygen atoms in total. The first-order chi connectivity index (χ1) is 20.8. The molecule has 0 saturated heterocycles. The highest BCUT2D eigenvalue weighted by molar-refractivity contribution is 6.08. The predicted molar refractivity (Wildman–Crippen MR) is 176 cm³/mol. The number of hydrogen-bond donors (Lipinski definition) is 3. The number of aliphatic carboxylic acids is 1. The standard InChI is InChI=1S/C35H44N4O5/c1-23(2)19-36-29-13-7-27(8-14-29)34(43)39(22-25(5)6)31-17-11-28(12-18-31)35(44)38(21-24(3)4)30-15-9-26(10-16-30)33(42)37-20-32(40)41/h7-18,23-25,36H,19-22H2,1-6H3,(H,37,42)(H,40,41). The number of carboxylic acids is 1. The van der Waals surface area contributed by atoms with Crippen LogP contribution in [0, 0.1) is 17.8 Å². The molecule has 3 N–H and O–H groups in total. The smallest absolute Gasteiger partial charge is 0.322 e. The van der Waals surface area contributed by atoms with Gasteiger partial charge in [0.1, 0.15) is 6.54 Å². The molecule has 44 heavy (non-hydrogen) atoms. The lowest BCUT2D eigenvalue weighted by atomic mass is 10.1. The number of amides is 3. The summed E-state index contributed by atoms with van der Waals surface area (Å²) in [5, 5.41) is 14.5. The maximum absolute atomic E-state index is 13.7. The van der Waals surface area contributed by atoms with E-state index in [1.807, 2.05) is 38.1 Å². The summed E-state index contributed by atoms with van der Waals surface area (Å²) in [6, 6.07) is 21.1. The number of hydrogen-bond acceptors (Lipinski definition) is 5. The summed E-state index contributed by atoms with van der Waals surface area (Å²) < 4.78 is 0. The van der Waals surface area contributed by atoms with E-state index in [0.717, 1.165) is 12.2 Å². The van der Waals surface area contributed by atoms with E-state index in [2.05, 4.69) is 38.3 Å². The first-order valence-corrected chi connectivity index (χ1v) is 15.0. The average Bonchev–Trinajstić information content (AvgIpc) is 3.00. The van der Waals surface area contributed by atoms with Gasteiger partial charge in [-0.25, -0.2) is 0 Å². The predicted octanol–water partition coefficient (Wildman–Crippen LogP) is 6.17. The summed E-state index contributed by atoms with van der Waals surface area (Å²) in [7, 11) is 0. The number of nitrogens with one attached hydrogen (secondary N) is 2. The first-order valence-electron chi connectivity index (χ1n) is 15.0. The lowest BCUT2D eigenvalue weighted by Crippen LogP contribution is -2.35. The Labute approximate surface area is 260 Å². The van der Waals surface area contributed by atoms with E-state index in [0.29, 0.717) is 47.1 Å². The van der Waals surface area contributed by atoms with Gasteiger partial charge in [0.15, 0.2) is 0 Å². The number of carboxylic acid groups (broad SMARTS) is 1. The summed E-state index contributed by atoms with van der Waals surface area (Å²) >= 11 is 0. The first kappa shape index (κ1) is 33.8. The Kier molecular flexibility index (Phi) is 12.1. The quantitative estimate of drug-likeness (QED) is 0.204. The van der Waals surface area contributed by atoms with E-state index >= 15 is 0 Å². The normalized spacial score (nSPS) is 11.0. The third-order valence-electron chi connectivity index (χ3n) is 6.70. The summed E-state index contributed by atoms with van der Waals surface area (Å²) in [5.74, 6) is -1.05. The van der Waals surface area contributed by atoms with Crippen molar-refractivity contribution in [2.24, 2.45) is 17.8 Å². The van der Waals surface area contributed by atoms with Crippen molar-refractivity contribution in [3.63, 3.8) is 0 Å². The Balaban J connectivity index is 1.81. The molecule has 0 radical (unpaired) electrons. The van der Waals surface area contributed by atoms with Crippen LogP contribution in [0.1, 0.15) is 72.6 Å². The van der Waals surface area contributed by atoms with Crippen LogP contribution >= 0.6 is 0 Å². The van der Waals surface area contributed by atoms with Crippen molar-refractivity contribution >= 4 is 40.8 Å². The van der Waals surface area contributed by atoms with E-state index in [-0.39, 0.29) is 23.7 Å². The van der Waals surface area contributed by atoms with E-state index in [1.165, 1.54) is 0 Å². The lowest BCUT2D eigenvalue weighted by molar-refractivity contribution is -0.135. The van der Waals surface area contributed by atoms with E-state index in [4.69, 9.17) is 5.11 Å². The minimum absolute atomic E-state index is 0.109. The molecule has 3 aromatic carbocycles. The molecule has 0 aliphatic rings. The Morgan fingerprint density at radius 1 is 0.614 bits per heavy atom. The Hall–Kier alpha value is -4.66. The van der Waals surface area contributed by atoms with Crippen LogP contribution < -0.4 is 20.4 Å². The monoisotopic (exact) mass is 600 g/mol. The van der Waals surface area contributed by atoms with Crippen molar-refractivity contribution in [2.75, 3.05) is 41.3 Å². The topological polar surface area (TPSA) is 119 Å². The van der Waals surface area contributed by atoms with Gasteiger partial charge in [0.05, 0.1) is 0 Å². The van der Waals surface area contributed by atoms with Crippen LogP contribution in [0.3, 0.4) is 0 Å². The summed E-state index contributed by atoms with van der Waals surface area (Å²) in [4.78, 5) is 53.7. The van der Waals surface area contributed by atoms with Crippen LogP contribution in [0.25, 0.3) is 0 Å². The molecule has 0 aliphatic heterocycles. The van der Waals surface area contributed by atoms with Crippen LogP contribution in [0.2, 0.25) is 0 Å². The summed E-state index contributed by atoms with van der Waals surface area (Å²) in [6.07, 6.45) is 0. The van der Waals surface area contributed by atoms with Gasteiger partial charge in [-0.3, -0.25) is 19.2 Å². The number of carbonyl (C=O) groups excluding carboxylic acids is 3. The third kappa shape index (κ3) is 9.69. The maximum Gasteiger partial charge on any atom is 0.322 e. The SMILES string of the molecule is CC(C)CNc1ccc(C(=O)N(CC(C)C)c2ccc(C(=O)N(CC(C)C)c3ccc(C(=O)NCC(=O)O)cc3)cc2)cc1. The fourth-order valence-electron chi connectivity index (χ4n) is 4.54. The van der Waals surface area contributed by atoms with Crippen molar-refractivity contribution in [3.05, 3.63) is 89.5 Å². The molecule has 0 bridgehead atoms. The molecule has 0 aromatic heterocycles. The van der Waals surface area contributed by atoms with E-state index in [1.54, 1.807) is 58.3 Å². The molecular formula is C35H44N4O5. The van der Waals surface area contributed by atoms with Crippen molar-refractivity contribution in [3.8, 4) is 0 Å². The third-order valence-corrected chi connectivity index (χ3v) is 6.70. The highest BCUT2D eigenvalue weighted by Crippen LogP contribution is 2.24. The molecule has 9 heteroatoms. The molecule has 0 heterocycles. The van der Waals surface area contributed by atoms with Crippen LogP contribution in [0.5, 0.6) is 0 Å². The van der Waals surface area contributed by atoms with Gasteiger partial charge in [-0.1, -0.05) is 41.5 Å². The van der Waals surface area contributed by atoms with Crippen molar-refractivity contribution in [1.82, 2.24) is 5.32 Å². The van der Waals surface area contributed by atoms with Crippen LogP contribution in [0.15, 0.2) is 72.8 Å². The molecule has 0 saturated carbocycles. The largest absolute Gasteiger partial charge is 0.480 e. The van der Waals surface area contributed by atoms with Crippen LogP contribution in [-0.2, 0) is 4.79 Å². The second-order valence-corrected chi connectivity index (χ2v) is 12.1. The second-order valence-electron chi connectivity index (χ2n) is 12.1. The van der Waals surface area contributed by atoms with Crippen molar-refractivity contribution in [2.45, 2.75) is 41.5 Å². The van der Waals surface area contributed by atoms with Gasteiger partial charge in [0.2, 0.25) is 0 Å². The number of nitrogens with zero attached hydrogens (tertiary/aromatic N) is 2. The van der Waals surface area contributed by atoms with Crippen molar-refractivity contribution < 1.29 is 24.3 Å². The van der Waals surface area contributed by atoms with E-state index in [9.17, 15) is 19.2 Å². The molecule has 3 amide bonds. The van der Waals surface area contributed by atoms with Gasteiger partial charge in [-0.2, -0.15) is 0 Å². The number of anilines is 3. The van der Waals surface area contributed by atoms with Crippen molar-refractivity contribution in [1.29, 1.82) is 0 Å². The Morgan fingerprint density at radius 2 is 1.02 bits per heavy atom. The highest BCUT2D eigenvalue weighted by atomic mass is 16.4. The molecule has 3 aromatic rings. The fourth-order valence-corrected chi connectivity index (χ4v) is 4.54. The molecule has 0 aliphatic carbocycles. The van der Waals surface area contributed by atoms with Gasteiger partial charge < -0.3 is 25.5 Å². The fraction of sp³-hybridized carbons (Fsp3) is 0.371. The van der Waals surface area contributed by atoms with Gasteiger partial charge in [0.25, 0.3) is 17.7 Å². The summed E-state index contributed by atoms with van der Waals surface area (Å²) in [6.45, 7) is 13.8. The zero-order valence-electron chi connectivity index (χ0n) is 26.5. The number of benzene rings is 3. The molecule has 0 spiro atoms. The molecule has 0 unspecified atom stereocenters. The minimum atomic E-state index is -1.13. The van der Waals surface area contributed by atoms with Gasteiger partial charge >= 0.3 is 5.97 Å². The van der Waals surface area contributed by atoms with E-state index < -0.39 is 18.4 Å². The maximum atomic E-state index is 13.7. The molecule has 0 fully saturated rings. The zero-order chi connectivity index (χ0) is 32.4. The van der Waals surface area contributed by atoms with Crippen LogP contribution in [0.4, 0.5) is 17.1 Å². The molecule has 0 atom stereocenters. The van der Waals surface area contributed by atoms with Crippen LogP contribution in [-0.4, -0.2) is 55.0 Å². The van der Waals surface area contributed by atoms with Gasteiger partial charge in [-0.05, 0) is 90.6 Å².